The van der Waals surface area contributed by atoms with E-state index in [1.807, 2.05) is 30.3 Å². The van der Waals surface area contributed by atoms with Gasteiger partial charge < -0.3 is 28.6 Å². The summed E-state index contributed by atoms with van der Waals surface area (Å²) in [5.41, 5.74) is 4.45. The smallest absolute Gasteiger partial charge is 0.254 e. The Morgan fingerprint density at radius 2 is 1.93 bits per heavy atom. The molecule has 1 atom stereocenters. The van der Waals surface area contributed by atoms with Gasteiger partial charge in [-0.15, -0.1) is 0 Å². The summed E-state index contributed by atoms with van der Waals surface area (Å²) in [7, 11) is 1.55. The third-order valence-corrected chi connectivity index (χ3v) is 7.45. The zero-order chi connectivity index (χ0) is 27.6. The van der Waals surface area contributed by atoms with Gasteiger partial charge in [-0.1, -0.05) is 6.07 Å². The molecule has 0 spiro atoms. The number of β-amino-alcohol motifs (C(OH)–C–C–N with tert-alkyl or cyclic N) is 1. The molecule has 0 radical (unpaired) electrons. The maximum Gasteiger partial charge on any atom is 0.254 e. The molecule has 2 aliphatic heterocycles. The number of benzene rings is 2. The van der Waals surface area contributed by atoms with Crippen LogP contribution in [0.4, 0.5) is 0 Å². The van der Waals surface area contributed by atoms with Gasteiger partial charge in [-0.25, -0.2) is 0 Å². The number of rotatable bonds is 6. The van der Waals surface area contributed by atoms with Crippen LogP contribution in [0.25, 0.3) is 33.6 Å². The fourth-order valence-electron chi connectivity index (χ4n) is 5.30. The van der Waals surface area contributed by atoms with Crippen molar-refractivity contribution in [3.8, 4) is 40.0 Å². The minimum absolute atomic E-state index is 0.0329. The monoisotopic (exact) mass is 539 g/mol. The van der Waals surface area contributed by atoms with E-state index in [9.17, 15) is 15.2 Å². The number of aromatic nitrogens is 1. The number of likely N-dealkylation sites (tertiary alicyclic amines) is 1. The molecule has 0 bridgehead atoms. The predicted molar refractivity (Wildman–Crippen MR) is 147 cm³/mol. The Kier molecular flexibility index (Phi) is 7.11. The van der Waals surface area contributed by atoms with Crippen LogP contribution >= 0.6 is 0 Å². The molecule has 0 saturated carbocycles. The molecule has 40 heavy (non-hydrogen) atoms. The topological polar surface area (TPSA) is 118 Å². The number of nitriles is 1. The highest BCUT2D eigenvalue weighted by Gasteiger charge is 2.26. The van der Waals surface area contributed by atoms with Crippen molar-refractivity contribution in [1.82, 2.24) is 9.88 Å². The van der Waals surface area contributed by atoms with Crippen molar-refractivity contribution in [3.63, 3.8) is 0 Å². The molecule has 4 heterocycles. The third-order valence-electron chi connectivity index (χ3n) is 7.45. The van der Waals surface area contributed by atoms with Crippen LogP contribution in [0.15, 0.2) is 59.1 Å². The molecule has 1 N–H and O–H groups in total. The molecule has 2 aromatic heterocycles. The molecular weight excluding hydrogens is 510 g/mol. The van der Waals surface area contributed by atoms with Gasteiger partial charge in [0.2, 0.25) is 0 Å². The molecule has 4 aromatic rings. The van der Waals surface area contributed by atoms with Crippen LogP contribution in [-0.2, 0) is 4.74 Å². The van der Waals surface area contributed by atoms with Crippen molar-refractivity contribution in [3.05, 3.63) is 65.9 Å². The largest absolute Gasteiger partial charge is 0.496 e. The zero-order valence-electron chi connectivity index (χ0n) is 22.1. The Morgan fingerprint density at radius 1 is 1.07 bits per heavy atom. The van der Waals surface area contributed by atoms with Crippen LogP contribution in [0.5, 0.6) is 11.5 Å². The number of fused-ring (bicyclic) bond motifs is 1. The van der Waals surface area contributed by atoms with Gasteiger partial charge in [0.15, 0.2) is 5.58 Å². The minimum Gasteiger partial charge on any atom is -0.496 e. The molecular formula is C31H29N3O6. The predicted octanol–water partition coefficient (Wildman–Crippen LogP) is 4.81. The van der Waals surface area contributed by atoms with Crippen LogP contribution in [0, 0.1) is 11.3 Å². The number of nitrogens with zero attached hydrogens (tertiary/aromatic N) is 3. The molecule has 0 unspecified atom stereocenters. The van der Waals surface area contributed by atoms with Gasteiger partial charge in [0.25, 0.3) is 5.91 Å². The van der Waals surface area contributed by atoms with Gasteiger partial charge in [0.1, 0.15) is 34.9 Å². The van der Waals surface area contributed by atoms with Crippen LogP contribution in [0.2, 0.25) is 0 Å². The Balaban J connectivity index is 1.31. The van der Waals surface area contributed by atoms with E-state index in [1.165, 1.54) is 0 Å². The standard InChI is InChI=1S/C31H29N3O6/c1-37-28-15-20(31(36)34-11-7-22(35)18-34)2-4-25(28)29-16-26-30(40-29)24(6-10-33-26)19-3-5-27(21(14-19)17-32)39-23-8-12-38-13-9-23/h2-6,10,14-16,22-23,35H,7-9,11-13,18H2,1H3/t22-/m0/s1. The van der Waals surface area contributed by atoms with Gasteiger partial charge >= 0.3 is 0 Å². The number of pyridine rings is 1. The first-order valence-electron chi connectivity index (χ1n) is 13.4. The Hall–Kier alpha value is -4.39. The molecule has 6 rings (SSSR count). The van der Waals surface area contributed by atoms with Gasteiger partial charge in [-0.2, -0.15) is 5.26 Å². The lowest BCUT2D eigenvalue weighted by molar-refractivity contribution is 0.0254. The second-order valence-electron chi connectivity index (χ2n) is 10.0. The molecule has 2 saturated heterocycles. The summed E-state index contributed by atoms with van der Waals surface area (Å²) in [4.78, 5) is 19.1. The molecule has 204 valence electrons. The van der Waals surface area contributed by atoms with Crippen molar-refractivity contribution < 1.29 is 28.5 Å². The highest BCUT2D eigenvalue weighted by atomic mass is 16.5. The van der Waals surface area contributed by atoms with E-state index < -0.39 is 6.10 Å². The van der Waals surface area contributed by atoms with E-state index >= 15 is 0 Å². The van der Waals surface area contributed by atoms with Crippen molar-refractivity contribution in [1.29, 1.82) is 5.26 Å². The summed E-state index contributed by atoms with van der Waals surface area (Å²) in [6.45, 7) is 2.18. The number of furan rings is 1. The van der Waals surface area contributed by atoms with Crippen molar-refractivity contribution in [2.45, 2.75) is 31.5 Å². The maximum absolute atomic E-state index is 12.9. The molecule has 9 nitrogen and oxygen atoms in total. The molecule has 2 aliphatic rings. The Labute approximate surface area is 231 Å². The average Bonchev–Trinajstić information content (AvgIpc) is 3.63. The number of carbonyl (C=O) groups excluding carboxylic acids is 1. The Morgan fingerprint density at radius 3 is 2.67 bits per heavy atom. The van der Waals surface area contributed by atoms with Gasteiger partial charge in [0, 0.05) is 49.3 Å². The van der Waals surface area contributed by atoms with Gasteiger partial charge in [-0.3, -0.25) is 9.78 Å². The van der Waals surface area contributed by atoms with Crippen LogP contribution in [0.1, 0.15) is 35.2 Å². The highest BCUT2D eigenvalue weighted by molar-refractivity contribution is 5.97. The Bertz CT molecular complexity index is 1600. The number of carbonyl (C=O) groups is 1. The maximum atomic E-state index is 12.9. The first-order chi connectivity index (χ1) is 19.5. The number of methoxy groups -OCH3 is 1. The fourth-order valence-corrected chi connectivity index (χ4v) is 5.30. The van der Waals surface area contributed by atoms with E-state index in [1.54, 1.807) is 36.4 Å². The van der Waals surface area contributed by atoms with E-state index in [0.717, 1.165) is 24.0 Å². The van der Waals surface area contributed by atoms with Crippen molar-refractivity contribution >= 4 is 17.0 Å². The third kappa shape index (κ3) is 4.99. The zero-order valence-corrected chi connectivity index (χ0v) is 22.1. The summed E-state index contributed by atoms with van der Waals surface area (Å²) in [5.74, 6) is 1.45. The lowest BCUT2D eigenvalue weighted by atomic mass is 10.0. The fraction of sp³-hybridized carbons (Fsp3) is 0.323. The van der Waals surface area contributed by atoms with Crippen LogP contribution in [-0.4, -0.2) is 66.5 Å². The summed E-state index contributed by atoms with van der Waals surface area (Å²) < 4.78 is 23.5. The van der Waals surface area contributed by atoms with E-state index in [-0.39, 0.29) is 12.0 Å². The van der Waals surface area contributed by atoms with E-state index in [2.05, 4.69) is 11.1 Å². The lowest BCUT2D eigenvalue weighted by Crippen LogP contribution is -2.29. The number of hydrogen-bond acceptors (Lipinski definition) is 8. The number of ether oxygens (including phenoxy) is 3. The quantitative estimate of drug-likeness (QED) is 0.371. The highest BCUT2D eigenvalue weighted by Crippen LogP contribution is 2.38. The average molecular weight is 540 g/mol. The molecule has 9 heteroatoms. The first kappa shape index (κ1) is 25.9. The number of aliphatic hydroxyl groups excluding tert-OH is 1. The van der Waals surface area contributed by atoms with Crippen molar-refractivity contribution in [2.24, 2.45) is 0 Å². The van der Waals surface area contributed by atoms with Crippen LogP contribution in [0.3, 0.4) is 0 Å². The number of aliphatic hydroxyl groups is 1. The summed E-state index contributed by atoms with van der Waals surface area (Å²) >= 11 is 0. The first-order valence-corrected chi connectivity index (χ1v) is 13.4. The molecule has 0 aliphatic carbocycles. The van der Waals surface area contributed by atoms with E-state index in [4.69, 9.17) is 18.6 Å². The number of amides is 1. The van der Waals surface area contributed by atoms with Crippen LogP contribution < -0.4 is 9.47 Å². The molecule has 2 fully saturated rings. The van der Waals surface area contributed by atoms with Gasteiger partial charge in [-0.05, 0) is 48.4 Å². The van der Waals surface area contributed by atoms with E-state index in [0.29, 0.717) is 77.8 Å². The van der Waals surface area contributed by atoms with Gasteiger partial charge in [0.05, 0.1) is 37.6 Å². The summed E-state index contributed by atoms with van der Waals surface area (Å²) in [6, 6.07) is 16.7. The summed E-state index contributed by atoms with van der Waals surface area (Å²) in [5, 5.41) is 19.7. The molecule has 2 aromatic carbocycles. The molecule has 1 amide bonds. The summed E-state index contributed by atoms with van der Waals surface area (Å²) in [6.07, 6.45) is 3.43. The normalized spacial score (nSPS) is 17.6. The van der Waals surface area contributed by atoms with Crippen molar-refractivity contribution in [2.75, 3.05) is 33.4 Å². The lowest BCUT2D eigenvalue weighted by Gasteiger charge is -2.23. The second-order valence-corrected chi connectivity index (χ2v) is 10.0. The SMILES string of the molecule is COc1cc(C(=O)N2CC[C@H](O)C2)ccc1-c1cc2nccc(-c3ccc(OC4CCOCC4)c(C#N)c3)c2o1. The number of hydrogen-bond donors (Lipinski definition) is 1. The second kappa shape index (κ2) is 11.0. The minimum atomic E-state index is -0.484.